The standard InChI is InChI=1S/C24H27ClN2O4/c1-15(2)21(27-22(28)17-8-4-5-9-18(17)25)23(29)26-16-10-11-19-20(14-16)31-24(30-19)12-6-3-7-13-24/h4-5,8-11,14-15,21H,3,6-7,12-13H2,1-2H3,(H,26,29)(H,27,28). The highest BCUT2D eigenvalue weighted by atomic mass is 35.5. The molecule has 6 nitrogen and oxygen atoms in total. The summed E-state index contributed by atoms with van der Waals surface area (Å²) in [5.74, 6) is -0.0303. The van der Waals surface area contributed by atoms with Gasteiger partial charge < -0.3 is 20.1 Å². The van der Waals surface area contributed by atoms with E-state index in [0.717, 1.165) is 25.7 Å². The van der Waals surface area contributed by atoms with E-state index in [0.29, 0.717) is 27.8 Å². The van der Waals surface area contributed by atoms with Gasteiger partial charge in [0.1, 0.15) is 6.04 Å². The van der Waals surface area contributed by atoms with E-state index in [2.05, 4.69) is 10.6 Å². The van der Waals surface area contributed by atoms with Crippen molar-refractivity contribution in [1.29, 1.82) is 0 Å². The summed E-state index contributed by atoms with van der Waals surface area (Å²) in [5.41, 5.74) is 0.932. The van der Waals surface area contributed by atoms with Crippen molar-refractivity contribution in [2.75, 3.05) is 5.32 Å². The third-order valence-corrected chi connectivity index (χ3v) is 6.10. The van der Waals surface area contributed by atoms with E-state index in [-0.39, 0.29) is 17.7 Å². The van der Waals surface area contributed by atoms with E-state index in [1.165, 1.54) is 6.42 Å². The Balaban J connectivity index is 1.45. The van der Waals surface area contributed by atoms with Gasteiger partial charge in [0.2, 0.25) is 5.91 Å². The lowest BCUT2D eigenvalue weighted by molar-refractivity contribution is -0.118. The van der Waals surface area contributed by atoms with E-state index in [4.69, 9.17) is 21.1 Å². The van der Waals surface area contributed by atoms with Crippen molar-refractivity contribution in [2.24, 2.45) is 5.92 Å². The van der Waals surface area contributed by atoms with Gasteiger partial charge in [0.25, 0.3) is 11.7 Å². The summed E-state index contributed by atoms with van der Waals surface area (Å²) < 4.78 is 12.2. The highest BCUT2D eigenvalue weighted by molar-refractivity contribution is 6.33. The van der Waals surface area contributed by atoms with E-state index >= 15 is 0 Å². The molecular formula is C24H27ClN2O4. The molecule has 1 saturated carbocycles. The van der Waals surface area contributed by atoms with Gasteiger partial charge in [0.05, 0.1) is 10.6 Å². The minimum absolute atomic E-state index is 0.119. The van der Waals surface area contributed by atoms with Crippen LogP contribution in [0.15, 0.2) is 42.5 Å². The van der Waals surface area contributed by atoms with E-state index in [9.17, 15) is 9.59 Å². The molecule has 2 aromatic carbocycles. The van der Waals surface area contributed by atoms with Crippen LogP contribution in [-0.4, -0.2) is 23.6 Å². The molecule has 1 aliphatic heterocycles. The molecule has 31 heavy (non-hydrogen) atoms. The summed E-state index contributed by atoms with van der Waals surface area (Å²) >= 11 is 6.12. The SMILES string of the molecule is CC(C)C(NC(=O)c1ccccc1Cl)C(=O)Nc1ccc2c(c1)OC1(CCCCC1)O2. The highest BCUT2D eigenvalue weighted by Crippen LogP contribution is 2.46. The summed E-state index contributed by atoms with van der Waals surface area (Å²) in [5, 5.41) is 6.04. The number of rotatable bonds is 5. The molecule has 0 bridgehead atoms. The lowest BCUT2D eigenvalue weighted by atomic mass is 9.94. The molecule has 164 valence electrons. The fourth-order valence-electron chi connectivity index (χ4n) is 4.09. The zero-order valence-electron chi connectivity index (χ0n) is 17.7. The predicted molar refractivity (Wildman–Crippen MR) is 120 cm³/mol. The van der Waals surface area contributed by atoms with Gasteiger partial charge in [-0.05, 0) is 43.0 Å². The zero-order chi connectivity index (χ0) is 22.0. The Bertz CT molecular complexity index is 985. The summed E-state index contributed by atoms with van der Waals surface area (Å²) in [7, 11) is 0. The Morgan fingerprint density at radius 3 is 2.42 bits per heavy atom. The van der Waals surface area contributed by atoms with Crippen LogP contribution in [0.3, 0.4) is 0 Å². The van der Waals surface area contributed by atoms with Gasteiger partial charge in [-0.3, -0.25) is 9.59 Å². The first kappa shape index (κ1) is 21.5. The van der Waals surface area contributed by atoms with Gasteiger partial charge >= 0.3 is 0 Å². The predicted octanol–water partition coefficient (Wildman–Crippen LogP) is 5.16. The van der Waals surface area contributed by atoms with Crippen LogP contribution in [0.2, 0.25) is 5.02 Å². The average molecular weight is 443 g/mol. The first-order chi connectivity index (χ1) is 14.9. The molecule has 1 heterocycles. The molecule has 1 spiro atoms. The Morgan fingerprint density at radius 1 is 1.00 bits per heavy atom. The molecule has 2 N–H and O–H groups in total. The smallest absolute Gasteiger partial charge is 0.253 e. The van der Waals surface area contributed by atoms with Crippen molar-refractivity contribution >= 4 is 29.1 Å². The van der Waals surface area contributed by atoms with Gasteiger partial charge in [-0.1, -0.05) is 44.0 Å². The molecule has 1 fully saturated rings. The first-order valence-electron chi connectivity index (χ1n) is 10.8. The van der Waals surface area contributed by atoms with E-state index in [1.807, 2.05) is 19.9 Å². The van der Waals surface area contributed by atoms with Gasteiger partial charge in [-0.2, -0.15) is 0 Å². The van der Waals surface area contributed by atoms with Crippen LogP contribution in [-0.2, 0) is 4.79 Å². The maximum atomic E-state index is 13.0. The molecule has 0 radical (unpaired) electrons. The Labute approximate surface area is 187 Å². The molecule has 2 aromatic rings. The lowest BCUT2D eigenvalue weighted by Gasteiger charge is -2.31. The molecule has 1 aliphatic carbocycles. The Hall–Kier alpha value is -2.73. The van der Waals surface area contributed by atoms with Crippen LogP contribution < -0.4 is 20.1 Å². The van der Waals surface area contributed by atoms with Crippen molar-refractivity contribution in [1.82, 2.24) is 5.32 Å². The Kier molecular flexibility index (Phi) is 6.10. The van der Waals surface area contributed by atoms with Crippen LogP contribution >= 0.6 is 11.6 Å². The molecule has 7 heteroatoms. The summed E-state index contributed by atoms with van der Waals surface area (Å²) in [4.78, 5) is 25.6. The number of amides is 2. The van der Waals surface area contributed by atoms with Crippen LogP contribution in [0.4, 0.5) is 5.69 Å². The monoisotopic (exact) mass is 442 g/mol. The van der Waals surface area contributed by atoms with Gasteiger partial charge in [0, 0.05) is 24.6 Å². The molecule has 2 aliphatic rings. The average Bonchev–Trinajstić information content (AvgIpc) is 3.08. The normalized spacial score (nSPS) is 17.4. The van der Waals surface area contributed by atoms with Crippen molar-refractivity contribution in [3.8, 4) is 11.5 Å². The molecule has 4 rings (SSSR count). The van der Waals surface area contributed by atoms with Crippen LogP contribution in [0.1, 0.15) is 56.3 Å². The lowest BCUT2D eigenvalue weighted by Crippen LogP contribution is -2.47. The molecule has 1 unspecified atom stereocenters. The minimum Gasteiger partial charge on any atom is -0.448 e. The maximum Gasteiger partial charge on any atom is 0.253 e. The van der Waals surface area contributed by atoms with Gasteiger partial charge in [0.15, 0.2) is 11.5 Å². The van der Waals surface area contributed by atoms with Gasteiger partial charge in [-0.25, -0.2) is 0 Å². The van der Waals surface area contributed by atoms with Crippen molar-refractivity contribution in [3.05, 3.63) is 53.1 Å². The van der Waals surface area contributed by atoms with Crippen LogP contribution in [0, 0.1) is 5.92 Å². The molecule has 0 saturated heterocycles. The summed E-state index contributed by atoms with van der Waals surface area (Å²) in [6, 6.07) is 11.4. The van der Waals surface area contributed by atoms with E-state index in [1.54, 1.807) is 36.4 Å². The summed E-state index contributed by atoms with van der Waals surface area (Å²) in [6.45, 7) is 3.76. The number of fused-ring (bicyclic) bond motifs is 1. The molecule has 2 amide bonds. The highest BCUT2D eigenvalue weighted by Gasteiger charge is 2.42. The molecule has 1 atom stereocenters. The van der Waals surface area contributed by atoms with Crippen molar-refractivity contribution in [2.45, 2.75) is 57.8 Å². The number of benzene rings is 2. The number of carbonyl (C=O) groups excluding carboxylic acids is 2. The number of ether oxygens (including phenoxy) is 2. The third-order valence-electron chi connectivity index (χ3n) is 5.77. The molecule has 0 aromatic heterocycles. The fraction of sp³-hybridized carbons (Fsp3) is 0.417. The van der Waals surface area contributed by atoms with Gasteiger partial charge in [-0.15, -0.1) is 0 Å². The number of halogens is 1. The number of carbonyl (C=O) groups is 2. The second-order valence-corrected chi connectivity index (χ2v) is 8.91. The number of nitrogens with one attached hydrogen (secondary N) is 2. The minimum atomic E-state index is -0.723. The van der Waals surface area contributed by atoms with Crippen molar-refractivity contribution in [3.63, 3.8) is 0 Å². The summed E-state index contributed by atoms with van der Waals surface area (Å²) in [6.07, 6.45) is 5.10. The number of hydrogen-bond acceptors (Lipinski definition) is 4. The first-order valence-corrected chi connectivity index (χ1v) is 11.1. The second kappa shape index (κ2) is 8.79. The maximum absolute atomic E-state index is 13.0. The van der Waals surface area contributed by atoms with Crippen LogP contribution in [0.5, 0.6) is 11.5 Å². The van der Waals surface area contributed by atoms with Crippen LogP contribution in [0.25, 0.3) is 0 Å². The third kappa shape index (κ3) is 4.64. The topological polar surface area (TPSA) is 76.7 Å². The Morgan fingerprint density at radius 2 is 1.71 bits per heavy atom. The second-order valence-electron chi connectivity index (χ2n) is 8.50. The zero-order valence-corrected chi connectivity index (χ0v) is 18.5. The van der Waals surface area contributed by atoms with Crippen molar-refractivity contribution < 1.29 is 19.1 Å². The fourth-order valence-corrected chi connectivity index (χ4v) is 4.31. The largest absolute Gasteiger partial charge is 0.448 e. The number of hydrogen-bond donors (Lipinski definition) is 2. The number of anilines is 1. The molecular weight excluding hydrogens is 416 g/mol. The quantitative estimate of drug-likeness (QED) is 0.670. The van der Waals surface area contributed by atoms with E-state index < -0.39 is 11.8 Å².